The molecule has 2 aromatic carbocycles. The van der Waals surface area contributed by atoms with Crippen molar-refractivity contribution < 1.29 is 14.2 Å². The van der Waals surface area contributed by atoms with Gasteiger partial charge in [-0.25, -0.2) is 14.4 Å². The van der Waals surface area contributed by atoms with Crippen molar-refractivity contribution in [2.75, 3.05) is 37.0 Å². The molecular weight excluding hydrogens is 421 g/mol. The number of anilines is 3. The van der Waals surface area contributed by atoms with E-state index >= 15 is 0 Å². The summed E-state index contributed by atoms with van der Waals surface area (Å²) in [5, 5.41) is 14.2. The van der Waals surface area contributed by atoms with Crippen LogP contribution in [0.4, 0.5) is 21.7 Å². The normalized spacial score (nSPS) is 20.9. The van der Waals surface area contributed by atoms with E-state index in [0.29, 0.717) is 23.8 Å². The molecule has 3 aromatic rings. The second kappa shape index (κ2) is 9.33. The predicted molar refractivity (Wildman–Crippen MR) is 125 cm³/mol. The first-order chi connectivity index (χ1) is 16.1. The van der Waals surface area contributed by atoms with Gasteiger partial charge in [0.2, 0.25) is 0 Å². The van der Waals surface area contributed by atoms with Crippen LogP contribution in [0.3, 0.4) is 0 Å². The van der Waals surface area contributed by atoms with Crippen molar-refractivity contribution >= 4 is 17.3 Å². The Morgan fingerprint density at radius 1 is 1.09 bits per heavy atom. The largest absolute Gasteiger partial charge is 0.494 e. The molecule has 2 atom stereocenters. The van der Waals surface area contributed by atoms with E-state index in [1.807, 2.05) is 6.07 Å². The molecule has 33 heavy (non-hydrogen) atoms. The van der Waals surface area contributed by atoms with E-state index in [1.54, 1.807) is 6.07 Å². The second-order valence-corrected chi connectivity index (χ2v) is 8.59. The van der Waals surface area contributed by atoms with E-state index in [2.05, 4.69) is 49.4 Å². The Hall–Kier alpha value is -3.23. The zero-order chi connectivity index (χ0) is 22.8. The molecule has 172 valence electrons. The lowest BCUT2D eigenvalue weighted by Gasteiger charge is -2.43. The minimum Gasteiger partial charge on any atom is -0.494 e. The smallest absolute Gasteiger partial charge is 0.145 e. The number of methoxy groups -OCH3 is 1. The highest BCUT2D eigenvalue weighted by Crippen LogP contribution is 2.30. The molecule has 1 fully saturated rings. The van der Waals surface area contributed by atoms with Crippen LogP contribution in [-0.4, -0.2) is 58.9 Å². The van der Waals surface area contributed by atoms with Gasteiger partial charge in [0.1, 0.15) is 29.5 Å². The van der Waals surface area contributed by atoms with Crippen LogP contribution in [0.1, 0.15) is 17.5 Å². The average Bonchev–Trinajstić information content (AvgIpc) is 2.85. The zero-order valence-corrected chi connectivity index (χ0v) is 18.6. The van der Waals surface area contributed by atoms with Gasteiger partial charge in [0.15, 0.2) is 0 Å². The maximum atomic E-state index is 13.5. The van der Waals surface area contributed by atoms with Crippen molar-refractivity contribution in [1.82, 2.24) is 14.9 Å². The number of rotatable bonds is 5. The number of piperidine rings is 1. The summed E-state index contributed by atoms with van der Waals surface area (Å²) in [5.41, 5.74) is 3.40. The molecule has 0 aliphatic carbocycles. The van der Waals surface area contributed by atoms with E-state index in [4.69, 9.17) is 4.74 Å². The Morgan fingerprint density at radius 2 is 1.94 bits per heavy atom. The van der Waals surface area contributed by atoms with Crippen molar-refractivity contribution in [3.8, 4) is 5.75 Å². The third kappa shape index (κ3) is 4.62. The van der Waals surface area contributed by atoms with Crippen LogP contribution in [-0.2, 0) is 13.0 Å². The summed E-state index contributed by atoms with van der Waals surface area (Å²) in [4.78, 5) is 13.2. The fraction of sp³-hybridized carbons (Fsp3) is 0.360. The molecule has 3 heterocycles. The fourth-order valence-electron chi connectivity index (χ4n) is 4.85. The van der Waals surface area contributed by atoms with Gasteiger partial charge in [-0.05, 0) is 36.1 Å². The summed E-state index contributed by atoms with van der Waals surface area (Å²) in [6.07, 6.45) is 2.92. The lowest BCUT2D eigenvalue weighted by atomic mass is 9.94. The van der Waals surface area contributed by atoms with E-state index in [9.17, 15) is 9.50 Å². The molecule has 0 saturated carbocycles. The summed E-state index contributed by atoms with van der Waals surface area (Å²) in [5.74, 6) is 1.36. The number of hydrogen-bond acceptors (Lipinski definition) is 7. The van der Waals surface area contributed by atoms with Crippen LogP contribution in [0.25, 0.3) is 0 Å². The molecule has 0 spiro atoms. The van der Waals surface area contributed by atoms with Crippen molar-refractivity contribution in [3.05, 3.63) is 71.8 Å². The summed E-state index contributed by atoms with van der Waals surface area (Å²) < 4.78 is 18.7. The van der Waals surface area contributed by atoms with Gasteiger partial charge in [0.05, 0.1) is 18.9 Å². The molecule has 1 unspecified atom stereocenters. The van der Waals surface area contributed by atoms with E-state index < -0.39 is 6.10 Å². The molecule has 2 N–H and O–H groups in total. The number of benzene rings is 2. The zero-order valence-electron chi connectivity index (χ0n) is 18.6. The lowest BCUT2D eigenvalue weighted by molar-refractivity contribution is 0.0293. The van der Waals surface area contributed by atoms with Crippen molar-refractivity contribution in [1.29, 1.82) is 0 Å². The van der Waals surface area contributed by atoms with Crippen LogP contribution in [0.15, 0.2) is 54.9 Å². The van der Waals surface area contributed by atoms with Crippen molar-refractivity contribution in [2.45, 2.75) is 31.5 Å². The molecule has 0 bridgehead atoms. The first-order valence-electron chi connectivity index (χ1n) is 11.3. The topological polar surface area (TPSA) is 73.8 Å². The molecule has 2 aliphatic heterocycles. The Kier molecular flexibility index (Phi) is 6.11. The summed E-state index contributed by atoms with van der Waals surface area (Å²) in [6, 6.07) is 14.9. The van der Waals surface area contributed by atoms with E-state index in [1.165, 1.54) is 36.7 Å². The van der Waals surface area contributed by atoms with Crippen LogP contribution < -0.4 is 15.0 Å². The minimum atomic E-state index is -0.465. The van der Waals surface area contributed by atoms with Crippen molar-refractivity contribution in [2.24, 2.45) is 0 Å². The molecule has 1 aromatic heterocycles. The lowest BCUT2D eigenvalue weighted by Crippen LogP contribution is -2.55. The van der Waals surface area contributed by atoms with Gasteiger partial charge >= 0.3 is 0 Å². The first-order valence-corrected chi connectivity index (χ1v) is 11.3. The van der Waals surface area contributed by atoms with Gasteiger partial charge in [-0.3, -0.25) is 4.90 Å². The monoisotopic (exact) mass is 449 g/mol. The number of β-amino-alcohol motifs (C(OH)–C–C–N with tert-alkyl or cyclic N) is 1. The molecule has 0 amide bonds. The van der Waals surface area contributed by atoms with Crippen LogP contribution in [0.5, 0.6) is 5.75 Å². The van der Waals surface area contributed by atoms with Gasteiger partial charge in [-0.1, -0.05) is 24.3 Å². The predicted octanol–water partition coefficient (Wildman–Crippen LogP) is 3.37. The first kappa shape index (κ1) is 21.6. The number of nitrogens with zero attached hydrogens (tertiary/aromatic N) is 4. The number of hydrogen-bond donors (Lipinski definition) is 2. The highest BCUT2D eigenvalue weighted by Gasteiger charge is 2.34. The highest BCUT2D eigenvalue weighted by atomic mass is 19.1. The number of aliphatic hydroxyl groups excluding tert-OH is 1. The summed E-state index contributed by atoms with van der Waals surface area (Å²) in [7, 11) is 1.50. The summed E-state index contributed by atoms with van der Waals surface area (Å²) in [6.45, 7) is 3.17. The SMILES string of the molecule is COc1cc(F)ccc1Nc1cc(N2CCC(N3CCc4ccccc4C3)[C@@H](O)C2)ncn1. The third-order valence-electron chi connectivity index (χ3n) is 6.58. The van der Waals surface area contributed by atoms with Gasteiger partial charge in [0, 0.05) is 44.4 Å². The molecule has 5 rings (SSSR count). The maximum absolute atomic E-state index is 13.5. The van der Waals surface area contributed by atoms with Gasteiger partial charge in [-0.15, -0.1) is 0 Å². The molecule has 0 radical (unpaired) electrons. The second-order valence-electron chi connectivity index (χ2n) is 8.59. The number of aliphatic hydroxyl groups is 1. The van der Waals surface area contributed by atoms with Gasteiger partial charge < -0.3 is 20.1 Å². The molecular formula is C25H28FN5O2. The molecule has 2 aliphatic rings. The number of nitrogens with one attached hydrogen (secondary N) is 1. The van der Waals surface area contributed by atoms with Crippen LogP contribution >= 0.6 is 0 Å². The van der Waals surface area contributed by atoms with Crippen LogP contribution in [0, 0.1) is 5.82 Å². The summed E-state index contributed by atoms with van der Waals surface area (Å²) >= 11 is 0. The maximum Gasteiger partial charge on any atom is 0.145 e. The standard InChI is InChI=1S/C25H28FN5O2/c1-33-23-12-19(26)6-7-20(23)29-24-13-25(28-16-27-24)31-11-9-21(22(32)15-31)30-10-8-17-4-2-3-5-18(17)14-30/h2-7,12-13,16,21-22,32H,8-11,14-15H2,1H3,(H,27,28,29)/t21?,22-/m0/s1. The number of ether oxygens (including phenoxy) is 1. The Labute approximate surface area is 192 Å². The van der Waals surface area contributed by atoms with Crippen LogP contribution in [0.2, 0.25) is 0 Å². The third-order valence-corrected chi connectivity index (χ3v) is 6.58. The Balaban J connectivity index is 1.26. The Bertz CT molecular complexity index is 1130. The fourth-order valence-corrected chi connectivity index (χ4v) is 4.85. The number of fused-ring (bicyclic) bond motifs is 1. The molecule has 7 nitrogen and oxygen atoms in total. The quantitative estimate of drug-likeness (QED) is 0.619. The Morgan fingerprint density at radius 3 is 2.76 bits per heavy atom. The van der Waals surface area contributed by atoms with Crippen molar-refractivity contribution in [3.63, 3.8) is 0 Å². The van der Waals surface area contributed by atoms with Gasteiger partial charge in [-0.2, -0.15) is 0 Å². The average molecular weight is 450 g/mol. The molecule has 8 heteroatoms. The van der Waals surface area contributed by atoms with E-state index in [0.717, 1.165) is 38.3 Å². The molecule has 1 saturated heterocycles. The number of aromatic nitrogens is 2. The highest BCUT2D eigenvalue weighted by molar-refractivity contribution is 5.65. The van der Waals surface area contributed by atoms with Gasteiger partial charge in [0.25, 0.3) is 0 Å². The van der Waals surface area contributed by atoms with E-state index in [-0.39, 0.29) is 11.9 Å². The number of halogens is 1. The minimum absolute atomic E-state index is 0.137.